The number of halogens is 1. The van der Waals surface area contributed by atoms with E-state index in [0.717, 1.165) is 29.5 Å². The highest BCUT2D eigenvalue weighted by Gasteiger charge is 2.39. The topological polar surface area (TPSA) is 102 Å². The van der Waals surface area contributed by atoms with E-state index in [0.29, 0.717) is 30.0 Å². The van der Waals surface area contributed by atoms with Crippen LogP contribution in [0.4, 0.5) is 0 Å². The largest absolute Gasteiger partial charge is 0.368 e. The summed E-state index contributed by atoms with van der Waals surface area (Å²) in [6, 6.07) is 19.3. The van der Waals surface area contributed by atoms with Gasteiger partial charge in [-0.05, 0) is 55.0 Å². The lowest BCUT2D eigenvalue weighted by Crippen LogP contribution is -2.50. The summed E-state index contributed by atoms with van der Waals surface area (Å²) < 4.78 is 0. The number of hydrogen-bond acceptors (Lipinski definition) is 4. The molecule has 0 saturated heterocycles. The zero-order valence-electron chi connectivity index (χ0n) is 19.0. The summed E-state index contributed by atoms with van der Waals surface area (Å²) in [4.78, 5) is 31.3. The molecule has 0 spiro atoms. The molecule has 34 heavy (non-hydrogen) atoms. The van der Waals surface area contributed by atoms with Crippen molar-refractivity contribution in [3.8, 4) is 11.1 Å². The predicted octanol–water partition coefficient (Wildman–Crippen LogP) is 4.17. The summed E-state index contributed by atoms with van der Waals surface area (Å²) in [5, 5.41) is 0.684. The van der Waals surface area contributed by atoms with E-state index in [2.05, 4.69) is 11.1 Å². The minimum absolute atomic E-state index is 0.112. The molecule has 7 heteroatoms. The monoisotopic (exact) mass is 476 g/mol. The second-order valence-corrected chi connectivity index (χ2v) is 9.39. The van der Waals surface area contributed by atoms with Crippen LogP contribution in [0.3, 0.4) is 0 Å². The first kappa shape index (κ1) is 23.9. The average molecular weight is 477 g/mol. The standard InChI is InChI=1S/C27H29ClN4O2/c28-23-8-4-7-22(14-23)27(18-29)11-9-24(10-12-27)32(17-25(30)33)26(34)21-13-20(15-31-16-21)19-5-2-1-3-6-19/h1-8,13-16,24H,9-12,17-18,29H2,(H2,30,33). The molecule has 1 heterocycles. The van der Waals surface area contributed by atoms with E-state index in [-0.39, 0.29) is 23.9 Å². The number of rotatable bonds is 7. The Morgan fingerprint density at radius 1 is 1.00 bits per heavy atom. The van der Waals surface area contributed by atoms with Crippen molar-refractivity contribution in [3.63, 3.8) is 0 Å². The fraction of sp³-hybridized carbons (Fsp3) is 0.296. The number of aromatic nitrogens is 1. The van der Waals surface area contributed by atoms with Gasteiger partial charge in [0.2, 0.25) is 5.91 Å². The van der Waals surface area contributed by atoms with E-state index in [9.17, 15) is 9.59 Å². The zero-order valence-corrected chi connectivity index (χ0v) is 19.7. The molecule has 4 rings (SSSR count). The molecule has 176 valence electrons. The Balaban J connectivity index is 1.56. The minimum atomic E-state index is -0.536. The third-order valence-electron chi connectivity index (χ3n) is 6.86. The molecule has 1 fully saturated rings. The Labute approximate surface area is 204 Å². The van der Waals surface area contributed by atoms with Gasteiger partial charge in [-0.25, -0.2) is 0 Å². The van der Waals surface area contributed by atoms with Crippen LogP contribution in [0.5, 0.6) is 0 Å². The van der Waals surface area contributed by atoms with Crippen LogP contribution < -0.4 is 11.5 Å². The van der Waals surface area contributed by atoms with Gasteiger partial charge in [-0.1, -0.05) is 54.1 Å². The van der Waals surface area contributed by atoms with Gasteiger partial charge in [-0.3, -0.25) is 14.6 Å². The molecule has 1 aliphatic carbocycles. The van der Waals surface area contributed by atoms with Gasteiger partial charge >= 0.3 is 0 Å². The van der Waals surface area contributed by atoms with Crippen molar-refractivity contribution in [3.05, 3.63) is 89.2 Å². The van der Waals surface area contributed by atoms with Crippen LogP contribution in [0, 0.1) is 0 Å². The van der Waals surface area contributed by atoms with Gasteiger partial charge in [0, 0.05) is 41.0 Å². The first-order valence-electron chi connectivity index (χ1n) is 11.5. The lowest BCUT2D eigenvalue weighted by Gasteiger charge is -2.43. The van der Waals surface area contributed by atoms with E-state index in [4.69, 9.17) is 23.1 Å². The molecule has 6 nitrogen and oxygen atoms in total. The lowest BCUT2D eigenvalue weighted by atomic mass is 9.68. The normalized spacial score (nSPS) is 20.0. The molecular formula is C27H29ClN4O2. The first-order valence-corrected chi connectivity index (χ1v) is 11.9. The number of nitrogens with two attached hydrogens (primary N) is 2. The van der Waals surface area contributed by atoms with Crippen LogP contribution in [0.2, 0.25) is 5.02 Å². The number of carbonyl (C=O) groups excluding carboxylic acids is 2. The van der Waals surface area contributed by atoms with Crippen LogP contribution in [0.15, 0.2) is 73.1 Å². The highest BCUT2D eigenvalue weighted by Crippen LogP contribution is 2.41. The summed E-state index contributed by atoms with van der Waals surface area (Å²) in [6.07, 6.45) is 6.29. The van der Waals surface area contributed by atoms with Crippen molar-refractivity contribution in [2.45, 2.75) is 37.1 Å². The smallest absolute Gasteiger partial charge is 0.256 e. The fourth-order valence-electron chi connectivity index (χ4n) is 4.94. The molecule has 1 aromatic heterocycles. The van der Waals surface area contributed by atoms with Gasteiger partial charge in [0.05, 0.1) is 12.1 Å². The number of carbonyl (C=O) groups is 2. The SMILES string of the molecule is NCC1(c2cccc(Cl)c2)CCC(N(CC(N)=O)C(=O)c2cncc(-c3ccccc3)c2)CC1. The van der Waals surface area contributed by atoms with Crippen LogP contribution in [-0.4, -0.2) is 40.8 Å². The summed E-state index contributed by atoms with van der Waals surface area (Å²) in [6.45, 7) is 0.360. The highest BCUT2D eigenvalue weighted by atomic mass is 35.5. The zero-order chi connectivity index (χ0) is 24.1. The van der Waals surface area contributed by atoms with E-state index in [1.807, 2.05) is 54.6 Å². The van der Waals surface area contributed by atoms with Crippen molar-refractivity contribution in [1.82, 2.24) is 9.88 Å². The summed E-state index contributed by atoms with van der Waals surface area (Å²) in [5.41, 5.74) is 15.0. The van der Waals surface area contributed by atoms with Gasteiger partial charge in [-0.15, -0.1) is 0 Å². The van der Waals surface area contributed by atoms with Crippen molar-refractivity contribution < 1.29 is 9.59 Å². The van der Waals surface area contributed by atoms with Crippen LogP contribution in [0.25, 0.3) is 11.1 Å². The Hall–Kier alpha value is -3.22. The van der Waals surface area contributed by atoms with Crippen molar-refractivity contribution >= 4 is 23.4 Å². The number of amides is 2. The molecule has 4 N–H and O–H groups in total. The highest BCUT2D eigenvalue weighted by molar-refractivity contribution is 6.30. The summed E-state index contributed by atoms with van der Waals surface area (Å²) in [7, 11) is 0. The summed E-state index contributed by atoms with van der Waals surface area (Å²) in [5.74, 6) is -0.775. The summed E-state index contributed by atoms with van der Waals surface area (Å²) >= 11 is 6.23. The van der Waals surface area contributed by atoms with E-state index < -0.39 is 5.91 Å². The molecule has 2 amide bonds. The number of nitrogens with zero attached hydrogens (tertiary/aromatic N) is 2. The molecule has 0 atom stereocenters. The third kappa shape index (κ3) is 5.13. The van der Waals surface area contributed by atoms with Gasteiger partial charge in [-0.2, -0.15) is 0 Å². The van der Waals surface area contributed by atoms with Gasteiger partial charge < -0.3 is 16.4 Å². The number of primary amides is 1. The van der Waals surface area contributed by atoms with Crippen LogP contribution in [-0.2, 0) is 10.2 Å². The quantitative estimate of drug-likeness (QED) is 0.534. The van der Waals surface area contributed by atoms with Gasteiger partial charge in [0.1, 0.15) is 0 Å². The molecule has 0 unspecified atom stereocenters. The third-order valence-corrected chi connectivity index (χ3v) is 7.10. The molecule has 0 radical (unpaired) electrons. The molecule has 3 aromatic rings. The maximum absolute atomic E-state index is 13.5. The van der Waals surface area contributed by atoms with Crippen LogP contribution >= 0.6 is 11.6 Å². The maximum atomic E-state index is 13.5. The Morgan fingerprint density at radius 2 is 1.74 bits per heavy atom. The number of hydrogen-bond donors (Lipinski definition) is 2. The molecule has 2 aromatic carbocycles. The van der Waals surface area contributed by atoms with E-state index in [1.54, 1.807) is 17.3 Å². The molecule has 0 bridgehead atoms. The first-order chi connectivity index (χ1) is 16.4. The second kappa shape index (κ2) is 10.4. The van der Waals surface area contributed by atoms with Gasteiger partial charge in [0.15, 0.2) is 0 Å². The lowest BCUT2D eigenvalue weighted by molar-refractivity contribution is -0.119. The predicted molar refractivity (Wildman–Crippen MR) is 134 cm³/mol. The number of pyridine rings is 1. The Bertz CT molecular complexity index is 1160. The van der Waals surface area contributed by atoms with Gasteiger partial charge in [0.25, 0.3) is 5.91 Å². The Kier molecular flexibility index (Phi) is 7.29. The average Bonchev–Trinajstić information content (AvgIpc) is 2.87. The molecular weight excluding hydrogens is 448 g/mol. The number of benzene rings is 2. The molecule has 0 aliphatic heterocycles. The maximum Gasteiger partial charge on any atom is 0.256 e. The van der Waals surface area contributed by atoms with E-state index in [1.165, 1.54) is 0 Å². The van der Waals surface area contributed by atoms with E-state index >= 15 is 0 Å². The van der Waals surface area contributed by atoms with Crippen molar-refractivity contribution in [1.29, 1.82) is 0 Å². The Morgan fingerprint density at radius 3 is 2.38 bits per heavy atom. The van der Waals surface area contributed by atoms with Crippen molar-refractivity contribution in [2.24, 2.45) is 11.5 Å². The minimum Gasteiger partial charge on any atom is -0.368 e. The molecule has 1 saturated carbocycles. The fourth-order valence-corrected chi connectivity index (χ4v) is 5.13. The van der Waals surface area contributed by atoms with Crippen molar-refractivity contribution in [2.75, 3.05) is 13.1 Å². The second-order valence-electron chi connectivity index (χ2n) is 8.95. The molecule has 1 aliphatic rings. The van der Waals surface area contributed by atoms with Crippen LogP contribution in [0.1, 0.15) is 41.6 Å².